The Labute approximate surface area is 101 Å². The van der Waals surface area contributed by atoms with E-state index < -0.39 is 12.0 Å². The van der Waals surface area contributed by atoms with E-state index in [4.69, 9.17) is 5.11 Å². The Morgan fingerprint density at radius 2 is 2.06 bits per heavy atom. The van der Waals surface area contributed by atoms with E-state index in [0.717, 1.165) is 19.4 Å². The number of hydrogen-bond acceptors (Lipinski definition) is 2. The highest BCUT2D eigenvalue weighted by Crippen LogP contribution is 2.37. The summed E-state index contributed by atoms with van der Waals surface area (Å²) in [5.74, 6) is -0.429. The maximum atomic E-state index is 12.0. The van der Waals surface area contributed by atoms with E-state index in [0.29, 0.717) is 12.0 Å². The summed E-state index contributed by atoms with van der Waals surface area (Å²) in [5, 5.41) is 11.7. The number of fused-ring (bicyclic) bond motifs is 2. The fraction of sp³-hybridized carbons (Fsp3) is 0.833. The first-order valence-corrected chi connectivity index (χ1v) is 6.29. The molecule has 96 valence electrons. The van der Waals surface area contributed by atoms with Crippen molar-refractivity contribution >= 4 is 12.0 Å². The summed E-state index contributed by atoms with van der Waals surface area (Å²) < 4.78 is 0. The normalized spacial score (nSPS) is 28.5. The van der Waals surface area contributed by atoms with E-state index in [1.807, 2.05) is 4.90 Å². The molecule has 0 radical (unpaired) electrons. The van der Waals surface area contributed by atoms with Crippen molar-refractivity contribution in [1.29, 1.82) is 0 Å². The highest BCUT2D eigenvalue weighted by molar-refractivity contribution is 5.83. The van der Waals surface area contributed by atoms with Gasteiger partial charge < -0.3 is 15.3 Å². The number of nitrogens with one attached hydrogen (secondary N) is 1. The zero-order valence-corrected chi connectivity index (χ0v) is 10.3. The van der Waals surface area contributed by atoms with E-state index >= 15 is 0 Å². The third kappa shape index (κ3) is 2.37. The molecule has 2 N–H and O–H groups in total. The molecule has 0 aromatic heterocycles. The highest BCUT2D eigenvalue weighted by atomic mass is 16.4. The second-order valence-electron chi connectivity index (χ2n) is 5.49. The molecule has 5 heteroatoms. The zero-order chi connectivity index (χ0) is 12.6. The molecule has 2 aliphatic rings. The van der Waals surface area contributed by atoms with Crippen LogP contribution in [-0.4, -0.2) is 40.6 Å². The molecule has 2 fully saturated rings. The molecule has 0 aromatic rings. The van der Waals surface area contributed by atoms with Crippen molar-refractivity contribution in [2.24, 2.45) is 11.8 Å². The number of aliphatic carboxylic acids is 1. The van der Waals surface area contributed by atoms with Gasteiger partial charge in [0, 0.05) is 12.6 Å². The van der Waals surface area contributed by atoms with Gasteiger partial charge in [-0.2, -0.15) is 0 Å². The SMILES string of the molecule is CC(C)[C@H](NC(=O)N1CC2CCC1C2)C(=O)O. The van der Waals surface area contributed by atoms with E-state index in [1.54, 1.807) is 13.8 Å². The standard InChI is InChI=1S/C12H20N2O3/c1-7(2)10(11(15)16)13-12(17)14-6-8-3-4-9(14)5-8/h7-10H,3-6H2,1-2H3,(H,13,17)(H,15,16)/t8?,9?,10-/m0/s1. The van der Waals surface area contributed by atoms with Gasteiger partial charge >= 0.3 is 12.0 Å². The van der Waals surface area contributed by atoms with Crippen molar-refractivity contribution in [2.75, 3.05) is 6.54 Å². The van der Waals surface area contributed by atoms with Gasteiger partial charge in [0.1, 0.15) is 6.04 Å². The van der Waals surface area contributed by atoms with Gasteiger partial charge in [-0.1, -0.05) is 13.8 Å². The third-order valence-electron chi connectivity index (χ3n) is 3.88. The minimum atomic E-state index is -0.960. The van der Waals surface area contributed by atoms with Crippen LogP contribution in [-0.2, 0) is 4.79 Å². The topological polar surface area (TPSA) is 69.6 Å². The number of carboxylic acids is 1. The lowest BCUT2D eigenvalue weighted by molar-refractivity contribution is -0.140. The molecule has 1 heterocycles. The Bertz CT molecular complexity index is 330. The number of carbonyl (C=O) groups excluding carboxylic acids is 1. The van der Waals surface area contributed by atoms with Crippen LogP contribution in [0.1, 0.15) is 33.1 Å². The second-order valence-corrected chi connectivity index (χ2v) is 5.49. The Morgan fingerprint density at radius 3 is 2.47 bits per heavy atom. The van der Waals surface area contributed by atoms with Crippen molar-refractivity contribution < 1.29 is 14.7 Å². The predicted molar refractivity (Wildman–Crippen MR) is 62.6 cm³/mol. The monoisotopic (exact) mass is 240 g/mol. The summed E-state index contributed by atoms with van der Waals surface area (Å²) >= 11 is 0. The van der Waals surface area contributed by atoms with Crippen molar-refractivity contribution in [2.45, 2.75) is 45.2 Å². The summed E-state index contributed by atoms with van der Waals surface area (Å²) in [4.78, 5) is 24.8. The van der Waals surface area contributed by atoms with Gasteiger partial charge in [-0.25, -0.2) is 9.59 Å². The highest BCUT2D eigenvalue weighted by Gasteiger charge is 2.41. The Morgan fingerprint density at radius 1 is 1.35 bits per heavy atom. The number of piperidine rings is 1. The van der Waals surface area contributed by atoms with Gasteiger partial charge in [0.05, 0.1) is 0 Å². The Balaban J connectivity index is 1.94. The van der Waals surface area contributed by atoms with Crippen LogP contribution >= 0.6 is 0 Å². The smallest absolute Gasteiger partial charge is 0.326 e. The third-order valence-corrected chi connectivity index (χ3v) is 3.88. The first-order valence-electron chi connectivity index (χ1n) is 6.29. The van der Waals surface area contributed by atoms with Crippen LogP contribution < -0.4 is 5.32 Å². The van der Waals surface area contributed by atoms with Crippen molar-refractivity contribution in [1.82, 2.24) is 10.2 Å². The molecule has 2 rings (SSSR count). The first kappa shape index (κ1) is 12.2. The fourth-order valence-electron chi connectivity index (χ4n) is 2.90. The number of rotatable bonds is 3. The molecular formula is C12H20N2O3. The summed E-state index contributed by atoms with van der Waals surface area (Å²) in [6.07, 6.45) is 3.37. The van der Waals surface area contributed by atoms with Gasteiger partial charge in [-0.15, -0.1) is 0 Å². The summed E-state index contributed by atoms with van der Waals surface area (Å²) in [6.45, 7) is 4.39. The van der Waals surface area contributed by atoms with Crippen LogP contribution in [0.5, 0.6) is 0 Å². The van der Waals surface area contributed by atoms with Crippen LogP contribution in [0.15, 0.2) is 0 Å². The van der Waals surface area contributed by atoms with Crippen LogP contribution in [0, 0.1) is 11.8 Å². The first-order chi connectivity index (χ1) is 7.99. The Hall–Kier alpha value is -1.26. The van der Waals surface area contributed by atoms with Crippen LogP contribution in [0.3, 0.4) is 0 Å². The van der Waals surface area contributed by atoms with Crippen molar-refractivity contribution in [3.8, 4) is 0 Å². The van der Waals surface area contributed by atoms with Crippen LogP contribution in [0.4, 0.5) is 4.79 Å². The van der Waals surface area contributed by atoms with Gasteiger partial charge in [-0.3, -0.25) is 0 Å². The summed E-state index contributed by atoms with van der Waals surface area (Å²) in [5.41, 5.74) is 0. The fourth-order valence-corrected chi connectivity index (χ4v) is 2.90. The minimum Gasteiger partial charge on any atom is -0.480 e. The molecule has 1 aliphatic heterocycles. The maximum absolute atomic E-state index is 12.0. The van der Waals surface area contributed by atoms with Gasteiger partial charge in [0.15, 0.2) is 0 Å². The predicted octanol–water partition coefficient (Wildman–Crippen LogP) is 1.29. The van der Waals surface area contributed by atoms with E-state index in [1.165, 1.54) is 6.42 Å². The second kappa shape index (κ2) is 4.55. The van der Waals surface area contributed by atoms with Gasteiger partial charge in [0.2, 0.25) is 0 Å². The van der Waals surface area contributed by atoms with Crippen molar-refractivity contribution in [3.05, 3.63) is 0 Å². The lowest BCUT2D eigenvalue weighted by Crippen LogP contribution is -2.52. The van der Waals surface area contributed by atoms with E-state index in [2.05, 4.69) is 5.32 Å². The van der Waals surface area contributed by atoms with E-state index in [9.17, 15) is 9.59 Å². The Kier molecular flexibility index (Phi) is 3.26. The maximum Gasteiger partial charge on any atom is 0.326 e. The minimum absolute atomic E-state index is 0.101. The number of hydrogen-bond donors (Lipinski definition) is 2. The largest absolute Gasteiger partial charge is 0.480 e. The zero-order valence-electron chi connectivity index (χ0n) is 10.3. The molecule has 1 aliphatic carbocycles. The molecule has 0 spiro atoms. The number of carboxylic acid groups (broad SMARTS) is 1. The molecule has 2 amide bonds. The van der Waals surface area contributed by atoms with Crippen LogP contribution in [0.2, 0.25) is 0 Å². The molecule has 1 saturated carbocycles. The molecule has 3 atom stereocenters. The molecule has 17 heavy (non-hydrogen) atoms. The van der Waals surface area contributed by atoms with Crippen molar-refractivity contribution in [3.63, 3.8) is 0 Å². The lowest BCUT2D eigenvalue weighted by Gasteiger charge is -2.29. The average Bonchev–Trinajstić information content (AvgIpc) is 2.85. The number of nitrogens with zero attached hydrogens (tertiary/aromatic N) is 1. The number of carbonyl (C=O) groups is 2. The molecular weight excluding hydrogens is 220 g/mol. The average molecular weight is 240 g/mol. The quantitative estimate of drug-likeness (QED) is 0.781. The van der Waals surface area contributed by atoms with Gasteiger partial charge in [-0.05, 0) is 31.1 Å². The summed E-state index contributed by atoms with van der Waals surface area (Å²) in [7, 11) is 0. The number of amides is 2. The lowest BCUT2D eigenvalue weighted by atomic mass is 10.1. The molecule has 1 saturated heterocycles. The van der Waals surface area contributed by atoms with E-state index in [-0.39, 0.29) is 11.9 Å². The molecule has 5 nitrogen and oxygen atoms in total. The molecule has 2 bridgehead atoms. The van der Waals surface area contributed by atoms with Gasteiger partial charge in [0.25, 0.3) is 0 Å². The molecule has 0 aromatic carbocycles. The number of urea groups is 1. The summed E-state index contributed by atoms with van der Waals surface area (Å²) in [6, 6.07) is -0.665. The molecule has 2 unspecified atom stereocenters. The number of likely N-dealkylation sites (tertiary alicyclic amines) is 1. The van der Waals surface area contributed by atoms with Crippen LogP contribution in [0.25, 0.3) is 0 Å².